The molecule has 0 amide bonds. The number of esters is 1. The number of benzene rings is 1. The first-order valence-electron chi connectivity index (χ1n) is 7.11. The van der Waals surface area contributed by atoms with Gasteiger partial charge in [-0.2, -0.15) is 0 Å². The van der Waals surface area contributed by atoms with Gasteiger partial charge in [-0.1, -0.05) is 17.7 Å². The van der Waals surface area contributed by atoms with Gasteiger partial charge in [0, 0.05) is 17.5 Å². The molecule has 1 heterocycles. The summed E-state index contributed by atoms with van der Waals surface area (Å²) in [6.07, 6.45) is 0.00835. The van der Waals surface area contributed by atoms with Gasteiger partial charge in [0.1, 0.15) is 0 Å². The fourth-order valence-corrected chi connectivity index (χ4v) is 4.64. The van der Waals surface area contributed by atoms with E-state index in [1.165, 1.54) is 13.1 Å². The molecule has 9 heteroatoms. The Morgan fingerprint density at radius 1 is 1.42 bits per heavy atom. The Morgan fingerprint density at radius 3 is 2.79 bits per heavy atom. The van der Waals surface area contributed by atoms with Crippen LogP contribution in [0, 0.1) is 6.92 Å². The molecule has 0 spiro atoms. The van der Waals surface area contributed by atoms with E-state index < -0.39 is 16.0 Å². The number of ether oxygens (including phenoxy) is 1. The summed E-state index contributed by atoms with van der Waals surface area (Å²) < 4.78 is 31.5. The van der Waals surface area contributed by atoms with E-state index in [0.717, 1.165) is 15.6 Å². The predicted octanol–water partition coefficient (Wildman–Crippen LogP) is 3.04. The first kappa shape index (κ1) is 18.7. The molecule has 2 aromatic rings. The molecule has 0 bridgehead atoms. The molecule has 6 nitrogen and oxygen atoms in total. The molecule has 0 N–H and O–H groups in total. The molecule has 1 aromatic heterocycles. The second-order valence-corrected chi connectivity index (χ2v) is 8.12. The third-order valence-corrected chi connectivity index (χ3v) is 6.68. The van der Waals surface area contributed by atoms with E-state index in [-0.39, 0.29) is 23.1 Å². The number of aromatic nitrogens is 1. The molecule has 0 saturated carbocycles. The Morgan fingerprint density at radius 2 is 2.12 bits per heavy atom. The molecule has 0 aliphatic rings. The number of hydrogen-bond acceptors (Lipinski definition) is 6. The summed E-state index contributed by atoms with van der Waals surface area (Å²) in [5.74, 6) is -0.398. The van der Waals surface area contributed by atoms with Crippen LogP contribution in [0.4, 0.5) is 5.13 Å². The molecule has 0 radical (unpaired) electrons. The van der Waals surface area contributed by atoms with Crippen LogP contribution < -0.4 is 4.31 Å². The van der Waals surface area contributed by atoms with Crippen molar-refractivity contribution in [3.63, 3.8) is 0 Å². The van der Waals surface area contributed by atoms with Crippen molar-refractivity contribution in [2.75, 3.05) is 18.0 Å². The molecule has 0 saturated heterocycles. The summed E-state index contributed by atoms with van der Waals surface area (Å²) in [5, 5.41) is 2.30. The highest BCUT2D eigenvalue weighted by Gasteiger charge is 2.26. The third kappa shape index (κ3) is 3.88. The smallest absolute Gasteiger partial charge is 0.311 e. The molecule has 0 aliphatic heterocycles. The highest BCUT2D eigenvalue weighted by Crippen LogP contribution is 2.29. The van der Waals surface area contributed by atoms with Crippen molar-refractivity contribution in [2.45, 2.75) is 25.2 Å². The van der Waals surface area contributed by atoms with Gasteiger partial charge in [-0.05, 0) is 31.5 Å². The lowest BCUT2D eigenvalue weighted by Crippen LogP contribution is -2.27. The number of halogens is 1. The van der Waals surface area contributed by atoms with E-state index in [1.807, 2.05) is 0 Å². The Hall–Kier alpha value is -1.64. The van der Waals surface area contributed by atoms with Crippen molar-refractivity contribution in [1.29, 1.82) is 0 Å². The molecule has 0 atom stereocenters. The number of carbonyl (C=O) groups excluding carboxylic acids is 1. The van der Waals surface area contributed by atoms with Gasteiger partial charge < -0.3 is 4.74 Å². The topological polar surface area (TPSA) is 76.6 Å². The van der Waals surface area contributed by atoms with Gasteiger partial charge in [-0.3, -0.25) is 4.79 Å². The van der Waals surface area contributed by atoms with Gasteiger partial charge in [-0.15, -0.1) is 11.3 Å². The molecule has 1 aromatic carbocycles. The van der Waals surface area contributed by atoms with E-state index >= 15 is 0 Å². The molecule has 130 valence electrons. The largest absolute Gasteiger partial charge is 0.466 e. The maximum absolute atomic E-state index is 12.8. The predicted molar refractivity (Wildman–Crippen MR) is 94.2 cm³/mol. The Balaban J connectivity index is 2.28. The Labute approximate surface area is 150 Å². The molecular weight excluding hydrogens is 372 g/mol. The second kappa shape index (κ2) is 7.50. The number of nitrogens with zero attached hydrogens (tertiary/aromatic N) is 2. The van der Waals surface area contributed by atoms with Gasteiger partial charge in [0.25, 0.3) is 10.0 Å². The minimum absolute atomic E-state index is 0.00835. The summed E-state index contributed by atoms with van der Waals surface area (Å²) in [6.45, 7) is 3.66. The second-order valence-electron chi connectivity index (χ2n) is 4.94. The minimum Gasteiger partial charge on any atom is -0.466 e. The monoisotopic (exact) mass is 388 g/mol. The van der Waals surface area contributed by atoms with Crippen molar-refractivity contribution in [1.82, 2.24) is 4.98 Å². The molecule has 0 fully saturated rings. The van der Waals surface area contributed by atoms with E-state index in [9.17, 15) is 13.2 Å². The molecule has 0 aliphatic carbocycles. The van der Waals surface area contributed by atoms with Crippen LogP contribution in [-0.4, -0.2) is 33.0 Å². The Bertz CT molecular complexity index is 849. The average Bonchev–Trinajstić information content (AvgIpc) is 2.97. The number of rotatable bonds is 6. The first-order chi connectivity index (χ1) is 11.3. The van der Waals surface area contributed by atoms with E-state index in [0.29, 0.717) is 16.3 Å². The maximum Gasteiger partial charge on any atom is 0.311 e. The van der Waals surface area contributed by atoms with Crippen LogP contribution in [-0.2, 0) is 26.0 Å². The van der Waals surface area contributed by atoms with Crippen molar-refractivity contribution in [3.8, 4) is 0 Å². The summed E-state index contributed by atoms with van der Waals surface area (Å²) in [6, 6.07) is 4.72. The van der Waals surface area contributed by atoms with Gasteiger partial charge >= 0.3 is 5.97 Å². The van der Waals surface area contributed by atoms with Crippen LogP contribution >= 0.6 is 22.9 Å². The number of thiazole rings is 1. The number of anilines is 1. The lowest BCUT2D eigenvalue weighted by molar-refractivity contribution is -0.142. The number of sulfonamides is 1. The van der Waals surface area contributed by atoms with Crippen molar-refractivity contribution in [2.24, 2.45) is 0 Å². The lowest BCUT2D eigenvalue weighted by Gasteiger charge is -2.18. The van der Waals surface area contributed by atoms with Crippen LogP contribution in [0.15, 0.2) is 28.5 Å². The normalized spacial score (nSPS) is 11.3. The van der Waals surface area contributed by atoms with E-state index in [1.54, 1.807) is 31.4 Å². The van der Waals surface area contributed by atoms with Crippen molar-refractivity contribution < 1.29 is 17.9 Å². The first-order valence-corrected chi connectivity index (χ1v) is 9.81. The Kier molecular flexibility index (Phi) is 5.84. The highest BCUT2D eigenvalue weighted by molar-refractivity contribution is 7.93. The zero-order chi connectivity index (χ0) is 17.9. The van der Waals surface area contributed by atoms with Crippen LogP contribution in [0.1, 0.15) is 18.2 Å². The maximum atomic E-state index is 12.8. The van der Waals surface area contributed by atoms with Crippen molar-refractivity contribution >= 4 is 44.1 Å². The van der Waals surface area contributed by atoms with E-state index in [2.05, 4.69) is 4.98 Å². The molecular formula is C15H17ClN2O4S2. The van der Waals surface area contributed by atoms with Crippen LogP contribution in [0.2, 0.25) is 5.02 Å². The summed E-state index contributed by atoms with van der Waals surface area (Å²) in [5.41, 5.74) is 0.952. The number of carbonyl (C=O) groups is 1. The minimum atomic E-state index is -3.79. The van der Waals surface area contributed by atoms with Gasteiger partial charge in [0.2, 0.25) is 0 Å². The quantitative estimate of drug-likeness (QED) is 0.711. The number of hydrogen-bond donors (Lipinski definition) is 0. The van der Waals surface area contributed by atoms with Crippen LogP contribution in [0.5, 0.6) is 0 Å². The fourth-order valence-electron chi connectivity index (χ4n) is 2.00. The summed E-state index contributed by atoms with van der Waals surface area (Å²) in [4.78, 5) is 15.8. The molecule has 24 heavy (non-hydrogen) atoms. The summed E-state index contributed by atoms with van der Waals surface area (Å²) in [7, 11) is -2.37. The molecule has 0 unspecified atom stereocenters. The van der Waals surface area contributed by atoms with E-state index in [4.69, 9.17) is 16.3 Å². The van der Waals surface area contributed by atoms with Crippen LogP contribution in [0.3, 0.4) is 0 Å². The summed E-state index contributed by atoms with van der Waals surface area (Å²) >= 11 is 7.16. The van der Waals surface area contributed by atoms with Gasteiger partial charge in [-0.25, -0.2) is 17.7 Å². The van der Waals surface area contributed by atoms with Crippen LogP contribution in [0.25, 0.3) is 0 Å². The fraction of sp³-hybridized carbons (Fsp3) is 0.333. The average molecular weight is 389 g/mol. The van der Waals surface area contributed by atoms with Gasteiger partial charge in [0.05, 0.1) is 23.6 Å². The standard InChI is InChI=1S/C15H17ClN2O4S2/c1-4-22-14(19)8-11-9-23-15(17-11)18(3)24(20,21)13-7-5-6-12(16)10(13)2/h5-7,9H,4,8H2,1-3H3. The highest BCUT2D eigenvalue weighted by atomic mass is 35.5. The van der Waals surface area contributed by atoms with Gasteiger partial charge in [0.15, 0.2) is 5.13 Å². The third-order valence-electron chi connectivity index (χ3n) is 3.30. The lowest BCUT2D eigenvalue weighted by atomic mass is 10.2. The zero-order valence-electron chi connectivity index (χ0n) is 13.4. The SMILES string of the molecule is CCOC(=O)Cc1csc(N(C)S(=O)(=O)c2cccc(Cl)c2C)n1. The van der Waals surface area contributed by atoms with Crippen molar-refractivity contribution in [3.05, 3.63) is 39.9 Å². The zero-order valence-corrected chi connectivity index (χ0v) is 15.8. The molecule has 2 rings (SSSR count).